The van der Waals surface area contributed by atoms with Gasteiger partial charge in [0.1, 0.15) is 0 Å². The molecule has 96 valence electrons. The number of hydrogen-bond donors (Lipinski definition) is 1. The van der Waals surface area contributed by atoms with Crippen LogP contribution in [0, 0.1) is 0 Å². The SMILES string of the molecule is CCN1C(=O)CSC1=NC[C@H](O)c1ccccc1. The number of amidine groups is 1. The zero-order chi connectivity index (χ0) is 13.0. The summed E-state index contributed by atoms with van der Waals surface area (Å²) in [7, 11) is 0. The van der Waals surface area contributed by atoms with E-state index in [1.54, 1.807) is 4.90 Å². The molecule has 1 aromatic carbocycles. The summed E-state index contributed by atoms with van der Waals surface area (Å²) in [6.45, 7) is 2.84. The van der Waals surface area contributed by atoms with Crippen LogP contribution in [0.1, 0.15) is 18.6 Å². The van der Waals surface area contributed by atoms with Gasteiger partial charge >= 0.3 is 0 Å². The fraction of sp³-hybridized carbons (Fsp3) is 0.385. The van der Waals surface area contributed by atoms with Crippen molar-refractivity contribution < 1.29 is 9.90 Å². The topological polar surface area (TPSA) is 52.9 Å². The number of rotatable bonds is 4. The minimum atomic E-state index is -0.617. The van der Waals surface area contributed by atoms with Crippen LogP contribution in [0.15, 0.2) is 35.3 Å². The fourth-order valence-electron chi connectivity index (χ4n) is 1.78. The van der Waals surface area contributed by atoms with E-state index in [-0.39, 0.29) is 12.5 Å². The summed E-state index contributed by atoms with van der Waals surface area (Å²) in [5.74, 6) is 0.545. The van der Waals surface area contributed by atoms with Crippen LogP contribution in [-0.4, -0.2) is 39.9 Å². The molecule has 0 aromatic heterocycles. The van der Waals surface area contributed by atoms with E-state index in [1.807, 2.05) is 37.3 Å². The molecule has 0 unspecified atom stereocenters. The van der Waals surface area contributed by atoms with Crippen LogP contribution in [0.4, 0.5) is 0 Å². The van der Waals surface area contributed by atoms with Crippen LogP contribution in [-0.2, 0) is 4.79 Å². The summed E-state index contributed by atoms with van der Waals surface area (Å²) in [6.07, 6.45) is -0.617. The Morgan fingerprint density at radius 3 is 2.83 bits per heavy atom. The van der Waals surface area contributed by atoms with Gasteiger partial charge in [-0.3, -0.25) is 14.7 Å². The Hall–Kier alpha value is -1.33. The molecule has 1 N–H and O–H groups in total. The van der Waals surface area contributed by atoms with E-state index in [0.29, 0.717) is 12.3 Å². The molecule has 1 fully saturated rings. The van der Waals surface area contributed by atoms with E-state index in [2.05, 4.69) is 4.99 Å². The Balaban J connectivity index is 2.01. The maximum atomic E-state index is 11.5. The molecule has 1 heterocycles. The smallest absolute Gasteiger partial charge is 0.239 e. The van der Waals surface area contributed by atoms with Gasteiger partial charge in [-0.1, -0.05) is 42.1 Å². The molecule has 0 bridgehead atoms. The van der Waals surface area contributed by atoms with E-state index < -0.39 is 6.10 Å². The Morgan fingerprint density at radius 1 is 1.44 bits per heavy atom. The third-order valence-corrected chi connectivity index (χ3v) is 3.76. The molecule has 0 radical (unpaired) electrons. The highest BCUT2D eigenvalue weighted by molar-refractivity contribution is 8.15. The summed E-state index contributed by atoms with van der Waals surface area (Å²) in [5.41, 5.74) is 0.847. The highest BCUT2D eigenvalue weighted by atomic mass is 32.2. The van der Waals surface area contributed by atoms with Crippen LogP contribution in [0.5, 0.6) is 0 Å². The second-order valence-electron chi connectivity index (χ2n) is 3.98. The van der Waals surface area contributed by atoms with Crippen LogP contribution >= 0.6 is 11.8 Å². The lowest BCUT2D eigenvalue weighted by atomic mass is 10.1. The number of aliphatic imine (C=N–C) groups is 1. The van der Waals surface area contributed by atoms with Gasteiger partial charge in [0.2, 0.25) is 5.91 Å². The molecule has 1 saturated heterocycles. The molecule has 2 rings (SSSR count). The van der Waals surface area contributed by atoms with Crippen molar-refractivity contribution in [3.05, 3.63) is 35.9 Å². The lowest BCUT2D eigenvalue weighted by Crippen LogP contribution is -2.29. The summed E-state index contributed by atoms with van der Waals surface area (Å²) in [4.78, 5) is 17.5. The van der Waals surface area contributed by atoms with Gasteiger partial charge in [0.05, 0.1) is 18.4 Å². The number of benzene rings is 1. The zero-order valence-corrected chi connectivity index (χ0v) is 11.1. The van der Waals surface area contributed by atoms with Crippen LogP contribution < -0.4 is 0 Å². The highest BCUT2D eigenvalue weighted by Crippen LogP contribution is 2.20. The number of aliphatic hydroxyl groups is 1. The van der Waals surface area contributed by atoms with Crippen molar-refractivity contribution in [2.45, 2.75) is 13.0 Å². The lowest BCUT2D eigenvalue weighted by molar-refractivity contribution is -0.123. The number of hydrogen-bond acceptors (Lipinski definition) is 4. The van der Waals surface area contributed by atoms with Gasteiger partial charge in [-0.2, -0.15) is 0 Å². The molecule has 0 spiro atoms. The lowest BCUT2D eigenvalue weighted by Gasteiger charge is -2.14. The van der Waals surface area contributed by atoms with Gasteiger partial charge in [-0.25, -0.2) is 0 Å². The average Bonchev–Trinajstić information content (AvgIpc) is 2.77. The molecule has 4 nitrogen and oxygen atoms in total. The normalized spacial score (nSPS) is 19.6. The third kappa shape index (κ3) is 2.91. The zero-order valence-electron chi connectivity index (χ0n) is 10.2. The predicted molar refractivity (Wildman–Crippen MR) is 73.5 cm³/mol. The van der Waals surface area contributed by atoms with Gasteiger partial charge in [0.25, 0.3) is 0 Å². The fourth-order valence-corrected chi connectivity index (χ4v) is 2.74. The molecular weight excluding hydrogens is 248 g/mol. The van der Waals surface area contributed by atoms with Crippen LogP contribution in [0.2, 0.25) is 0 Å². The molecule has 1 atom stereocenters. The molecule has 5 heteroatoms. The van der Waals surface area contributed by atoms with Gasteiger partial charge < -0.3 is 5.11 Å². The first-order valence-corrected chi connectivity index (χ1v) is 6.91. The van der Waals surface area contributed by atoms with Crippen LogP contribution in [0.25, 0.3) is 0 Å². The Kier molecular flexibility index (Phi) is 4.38. The number of aliphatic hydroxyl groups excluding tert-OH is 1. The Morgan fingerprint density at radius 2 is 2.17 bits per heavy atom. The molecule has 18 heavy (non-hydrogen) atoms. The van der Waals surface area contributed by atoms with Gasteiger partial charge in [0, 0.05) is 6.54 Å². The summed E-state index contributed by atoms with van der Waals surface area (Å²) in [6, 6.07) is 9.42. The Labute approximate surface area is 111 Å². The molecular formula is C13H16N2O2S. The average molecular weight is 264 g/mol. The van der Waals surface area contributed by atoms with Crippen molar-refractivity contribution >= 4 is 22.8 Å². The summed E-state index contributed by atoms with van der Waals surface area (Å²) >= 11 is 1.44. The van der Waals surface area contributed by atoms with Gasteiger partial charge in [0.15, 0.2) is 5.17 Å². The molecule has 1 aliphatic heterocycles. The number of thioether (sulfide) groups is 1. The van der Waals surface area contributed by atoms with E-state index in [9.17, 15) is 9.90 Å². The summed E-state index contributed by atoms with van der Waals surface area (Å²) in [5, 5.41) is 10.7. The standard InChI is InChI=1S/C13H16N2O2S/c1-2-15-12(17)9-18-13(15)14-8-11(16)10-6-4-3-5-7-10/h3-7,11,16H,2,8-9H2,1H3/t11-/m0/s1. The highest BCUT2D eigenvalue weighted by Gasteiger charge is 2.26. The van der Waals surface area contributed by atoms with E-state index in [1.165, 1.54) is 11.8 Å². The minimum Gasteiger partial charge on any atom is -0.386 e. The second kappa shape index (κ2) is 6.02. The quantitative estimate of drug-likeness (QED) is 0.900. The third-order valence-electron chi connectivity index (χ3n) is 2.76. The minimum absolute atomic E-state index is 0.0930. The maximum Gasteiger partial charge on any atom is 0.239 e. The number of nitrogens with zero attached hydrogens (tertiary/aromatic N) is 2. The number of amides is 1. The van der Waals surface area contributed by atoms with Crippen molar-refractivity contribution in [1.29, 1.82) is 0 Å². The van der Waals surface area contributed by atoms with E-state index in [0.717, 1.165) is 10.7 Å². The van der Waals surface area contributed by atoms with Gasteiger partial charge in [-0.15, -0.1) is 0 Å². The molecule has 1 aliphatic rings. The van der Waals surface area contributed by atoms with Crippen LogP contribution in [0.3, 0.4) is 0 Å². The number of carbonyl (C=O) groups excluding carboxylic acids is 1. The van der Waals surface area contributed by atoms with Crippen molar-refractivity contribution in [2.24, 2.45) is 4.99 Å². The largest absolute Gasteiger partial charge is 0.386 e. The summed E-state index contributed by atoms with van der Waals surface area (Å²) < 4.78 is 0. The van der Waals surface area contributed by atoms with Gasteiger partial charge in [-0.05, 0) is 12.5 Å². The first kappa shape index (κ1) is 13.1. The van der Waals surface area contributed by atoms with Crippen molar-refractivity contribution in [1.82, 2.24) is 4.90 Å². The van der Waals surface area contributed by atoms with E-state index in [4.69, 9.17) is 0 Å². The first-order valence-electron chi connectivity index (χ1n) is 5.93. The molecule has 1 aromatic rings. The monoisotopic (exact) mass is 264 g/mol. The van der Waals surface area contributed by atoms with Crippen molar-refractivity contribution in [2.75, 3.05) is 18.8 Å². The first-order chi connectivity index (χ1) is 8.72. The van der Waals surface area contributed by atoms with E-state index >= 15 is 0 Å². The molecule has 0 saturated carbocycles. The molecule has 1 amide bonds. The van der Waals surface area contributed by atoms with Crippen molar-refractivity contribution in [3.8, 4) is 0 Å². The predicted octanol–water partition coefficient (Wildman–Crippen LogP) is 1.67. The Bertz CT molecular complexity index is 448. The molecule has 0 aliphatic carbocycles. The maximum absolute atomic E-state index is 11.5. The number of carbonyl (C=O) groups is 1. The van der Waals surface area contributed by atoms with Crippen molar-refractivity contribution in [3.63, 3.8) is 0 Å². The second-order valence-corrected chi connectivity index (χ2v) is 4.92.